The van der Waals surface area contributed by atoms with Crippen molar-refractivity contribution in [2.24, 2.45) is 0 Å². The van der Waals surface area contributed by atoms with Gasteiger partial charge in [-0.3, -0.25) is 4.79 Å². The van der Waals surface area contributed by atoms with Crippen LogP contribution < -0.4 is 0 Å². The van der Waals surface area contributed by atoms with E-state index in [9.17, 15) is 18.3 Å². The normalized spacial score (nSPS) is 19.3. The SMILES string of the molecule is CCS(=O)(=O)c1ccccc1C(=O)N1CCC[C@@H]1CO. The first-order chi connectivity index (χ1) is 9.51. The second-order valence-electron chi connectivity index (χ2n) is 4.88. The molecule has 0 aromatic heterocycles. The smallest absolute Gasteiger partial charge is 0.255 e. The molecule has 1 fully saturated rings. The Bertz CT molecular complexity index is 597. The van der Waals surface area contributed by atoms with Crippen LogP contribution in [-0.4, -0.2) is 49.3 Å². The van der Waals surface area contributed by atoms with Crippen LogP contribution in [-0.2, 0) is 9.84 Å². The Morgan fingerprint density at radius 3 is 2.75 bits per heavy atom. The van der Waals surface area contributed by atoms with Crippen molar-refractivity contribution in [2.45, 2.75) is 30.7 Å². The van der Waals surface area contributed by atoms with Crippen LogP contribution in [0.2, 0.25) is 0 Å². The number of hydrogen-bond acceptors (Lipinski definition) is 4. The molecular weight excluding hydrogens is 278 g/mol. The number of hydrogen-bond donors (Lipinski definition) is 1. The van der Waals surface area contributed by atoms with Crippen molar-refractivity contribution in [1.29, 1.82) is 0 Å². The Morgan fingerprint density at radius 1 is 1.40 bits per heavy atom. The number of sulfone groups is 1. The van der Waals surface area contributed by atoms with Crippen molar-refractivity contribution in [3.05, 3.63) is 29.8 Å². The van der Waals surface area contributed by atoms with Crippen molar-refractivity contribution in [1.82, 2.24) is 4.90 Å². The summed E-state index contributed by atoms with van der Waals surface area (Å²) in [5.74, 6) is -0.352. The maximum Gasteiger partial charge on any atom is 0.255 e. The number of aliphatic hydroxyl groups excluding tert-OH is 1. The van der Waals surface area contributed by atoms with Gasteiger partial charge in [0.25, 0.3) is 5.91 Å². The van der Waals surface area contributed by atoms with E-state index in [2.05, 4.69) is 0 Å². The largest absolute Gasteiger partial charge is 0.394 e. The fourth-order valence-electron chi connectivity index (χ4n) is 2.52. The average Bonchev–Trinajstić information content (AvgIpc) is 2.95. The molecule has 1 heterocycles. The molecular formula is C14H19NO4S. The van der Waals surface area contributed by atoms with Crippen LogP contribution in [0.1, 0.15) is 30.1 Å². The van der Waals surface area contributed by atoms with Crippen LogP contribution in [0.3, 0.4) is 0 Å². The van der Waals surface area contributed by atoms with E-state index in [1.807, 2.05) is 0 Å². The molecule has 20 heavy (non-hydrogen) atoms. The fourth-order valence-corrected chi connectivity index (χ4v) is 3.60. The number of nitrogens with zero attached hydrogens (tertiary/aromatic N) is 1. The molecule has 0 unspecified atom stereocenters. The molecule has 0 saturated carbocycles. The lowest BCUT2D eigenvalue weighted by Crippen LogP contribution is -2.38. The van der Waals surface area contributed by atoms with Gasteiger partial charge in [0, 0.05) is 6.54 Å². The summed E-state index contributed by atoms with van der Waals surface area (Å²) in [4.78, 5) is 14.2. The van der Waals surface area contributed by atoms with Gasteiger partial charge in [0.2, 0.25) is 0 Å². The monoisotopic (exact) mass is 297 g/mol. The summed E-state index contributed by atoms with van der Waals surface area (Å²) in [7, 11) is -3.44. The molecule has 0 aliphatic carbocycles. The molecule has 5 nitrogen and oxygen atoms in total. The van der Waals surface area contributed by atoms with Gasteiger partial charge in [-0.2, -0.15) is 0 Å². The highest BCUT2D eigenvalue weighted by Gasteiger charge is 2.31. The van der Waals surface area contributed by atoms with Crippen LogP contribution in [0.5, 0.6) is 0 Å². The Labute approximate surface area is 119 Å². The average molecular weight is 297 g/mol. The minimum Gasteiger partial charge on any atom is -0.394 e. The Balaban J connectivity index is 2.41. The molecule has 2 rings (SSSR count). The third-order valence-electron chi connectivity index (χ3n) is 3.68. The second-order valence-corrected chi connectivity index (χ2v) is 7.12. The molecule has 1 aromatic rings. The van der Waals surface area contributed by atoms with Gasteiger partial charge in [0.1, 0.15) is 0 Å². The molecule has 1 aliphatic rings. The van der Waals surface area contributed by atoms with Crippen molar-refractivity contribution >= 4 is 15.7 Å². The van der Waals surface area contributed by atoms with Crippen LogP contribution in [0.4, 0.5) is 0 Å². The maximum atomic E-state index is 12.6. The van der Waals surface area contributed by atoms with E-state index in [0.717, 1.165) is 12.8 Å². The minimum atomic E-state index is -3.44. The second kappa shape index (κ2) is 5.93. The predicted molar refractivity (Wildman–Crippen MR) is 75.3 cm³/mol. The maximum absolute atomic E-state index is 12.6. The summed E-state index contributed by atoms with van der Waals surface area (Å²) < 4.78 is 24.1. The molecule has 1 amide bonds. The topological polar surface area (TPSA) is 74.7 Å². The molecule has 1 aromatic carbocycles. The van der Waals surface area contributed by atoms with Crippen LogP contribution >= 0.6 is 0 Å². The Morgan fingerprint density at radius 2 is 2.10 bits per heavy atom. The van der Waals surface area contributed by atoms with Crippen molar-refractivity contribution in [2.75, 3.05) is 18.9 Å². The third-order valence-corrected chi connectivity index (χ3v) is 5.47. The highest BCUT2D eigenvalue weighted by atomic mass is 32.2. The van der Waals surface area contributed by atoms with Crippen LogP contribution in [0.15, 0.2) is 29.2 Å². The highest BCUT2D eigenvalue weighted by molar-refractivity contribution is 7.91. The van der Waals surface area contributed by atoms with Gasteiger partial charge < -0.3 is 10.0 Å². The Kier molecular flexibility index (Phi) is 4.45. The number of amides is 1. The van der Waals surface area contributed by atoms with Gasteiger partial charge in [-0.25, -0.2) is 8.42 Å². The summed E-state index contributed by atoms with van der Waals surface area (Å²) in [6, 6.07) is 6.08. The summed E-state index contributed by atoms with van der Waals surface area (Å²) >= 11 is 0. The van der Waals surface area contributed by atoms with Gasteiger partial charge in [-0.15, -0.1) is 0 Å². The molecule has 6 heteroatoms. The Hall–Kier alpha value is -1.40. The van der Waals surface area contributed by atoms with E-state index >= 15 is 0 Å². The number of carbonyl (C=O) groups is 1. The number of rotatable bonds is 4. The zero-order valence-electron chi connectivity index (χ0n) is 11.4. The summed E-state index contributed by atoms with van der Waals surface area (Å²) in [5, 5.41) is 9.30. The van der Waals surface area contributed by atoms with Crippen molar-refractivity contribution in [3.63, 3.8) is 0 Å². The zero-order chi connectivity index (χ0) is 14.8. The van der Waals surface area contributed by atoms with E-state index in [4.69, 9.17) is 0 Å². The molecule has 1 aliphatic heterocycles. The summed E-state index contributed by atoms with van der Waals surface area (Å²) in [5.41, 5.74) is 0.203. The minimum absolute atomic E-state index is 0.0410. The molecule has 0 radical (unpaired) electrons. The molecule has 1 atom stereocenters. The first kappa shape index (κ1) is 15.0. The molecule has 110 valence electrons. The summed E-state index contributed by atoms with van der Waals surface area (Å²) in [6.45, 7) is 2.03. The van der Waals surface area contributed by atoms with E-state index < -0.39 is 9.84 Å². The van der Waals surface area contributed by atoms with E-state index in [1.165, 1.54) is 12.1 Å². The number of aliphatic hydroxyl groups is 1. The number of benzene rings is 1. The fraction of sp³-hybridized carbons (Fsp3) is 0.500. The van der Waals surface area contributed by atoms with Gasteiger partial charge in [-0.05, 0) is 25.0 Å². The first-order valence-electron chi connectivity index (χ1n) is 6.75. The van der Waals surface area contributed by atoms with Crippen LogP contribution in [0.25, 0.3) is 0 Å². The lowest BCUT2D eigenvalue weighted by atomic mass is 10.1. The van der Waals surface area contributed by atoms with Gasteiger partial charge in [-0.1, -0.05) is 19.1 Å². The van der Waals surface area contributed by atoms with E-state index in [0.29, 0.717) is 6.54 Å². The van der Waals surface area contributed by atoms with Crippen LogP contribution in [0, 0.1) is 0 Å². The van der Waals surface area contributed by atoms with E-state index in [-0.39, 0.29) is 34.8 Å². The van der Waals surface area contributed by atoms with Gasteiger partial charge >= 0.3 is 0 Å². The molecule has 1 saturated heterocycles. The molecule has 1 N–H and O–H groups in total. The highest BCUT2D eigenvalue weighted by Crippen LogP contribution is 2.24. The molecule has 0 bridgehead atoms. The van der Waals surface area contributed by atoms with Gasteiger partial charge in [0.05, 0.1) is 28.9 Å². The van der Waals surface area contributed by atoms with Gasteiger partial charge in [0.15, 0.2) is 9.84 Å². The summed E-state index contributed by atoms with van der Waals surface area (Å²) in [6.07, 6.45) is 1.59. The predicted octanol–water partition coefficient (Wildman–Crippen LogP) is 1.08. The molecule has 0 spiro atoms. The van der Waals surface area contributed by atoms with Crippen molar-refractivity contribution < 1.29 is 18.3 Å². The lowest BCUT2D eigenvalue weighted by Gasteiger charge is -2.24. The zero-order valence-corrected chi connectivity index (χ0v) is 12.3. The first-order valence-corrected chi connectivity index (χ1v) is 8.40. The van der Waals surface area contributed by atoms with E-state index in [1.54, 1.807) is 24.0 Å². The standard InChI is InChI=1S/C14H19NO4S/c1-2-20(18,19)13-8-4-3-7-12(13)14(17)15-9-5-6-11(15)10-16/h3-4,7-8,11,16H,2,5-6,9-10H2,1H3/t11-/m1/s1. The quantitative estimate of drug-likeness (QED) is 0.902. The third kappa shape index (κ3) is 2.71. The van der Waals surface area contributed by atoms with Crippen molar-refractivity contribution in [3.8, 4) is 0 Å². The lowest BCUT2D eigenvalue weighted by molar-refractivity contribution is 0.0674. The number of likely N-dealkylation sites (tertiary alicyclic amines) is 1. The number of carbonyl (C=O) groups excluding carboxylic acids is 1.